The molecule has 1 aromatic carbocycles. The number of aromatic nitrogens is 2. The average Bonchev–Trinajstić information content (AvgIpc) is 2.50. The molecule has 0 atom stereocenters. The second-order valence-electron chi connectivity index (χ2n) is 5.19. The number of hydrogen-bond donors (Lipinski definition) is 0. The van der Waals surface area contributed by atoms with Crippen molar-refractivity contribution in [2.24, 2.45) is 0 Å². The molecule has 0 spiro atoms. The van der Waals surface area contributed by atoms with Crippen LogP contribution in [0.15, 0.2) is 39.6 Å². The van der Waals surface area contributed by atoms with E-state index in [1.807, 2.05) is 24.3 Å². The van der Waals surface area contributed by atoms with Crippen molar-refractivity contribution in [2.75, 3.05) is 6.61 Å². The summed E-state index contributed by atoms with van der Waals surface area (Å²) in [5.74, 6) is 0.796. The maximum Gasteiger partial charge on any atom is 0.267 e. The minimum Gasteiger partial charge on any atom is -0.492 e. The zero-order valence-electron chi connectivity index (χ0n) is 11.7. The van der Waals surface area contributed by atoms with E-state index in [0.29, 0.717) is 13.2 Å². The molecule has 0 fully saturated rings. The van der Waals surface area contributed by atoms with Gasteiger partial charge in [-0.25, -0.2) is 4.68 Å². The summed E-state index contributed by atoms with van der Waals surface area (Å²) in [6.07, 6.45) is 4.27. The van der Waals surface area contributed by atoms with Gasteiger partial charge in [0.2, 0.25) is 0 Å². The standard InChI is InChI=1S/C16H17BrN2O2/c17-13-5-7-14(8-6-13)21-10-9-19-16(20)11-12-3-1-2-4-15(12)18-19/h5-8,11H,1-4,9-10H2. The van der Waals surface area contributed by atoms with E-state index in [2.05, 4.69) is 21.0 Å². The highest BCUT2D eigenvalue weighted by molar-refractivity contribution is 9.10. The lowest BCUT2D eigenvalue weighted by atomic mass is 9.97. The van der Waals surface area contributed by atoms with Crippen LogP contribution < -0.4 is 10.3 Å². The molecule has 0 amide bonds. The number of aryl methyl sites for hydroxylation is 2. The first kappa shape index (κ1) is 14.3. The Balaban J connectivity index is 1.65. The summed E-state index contributed by atoms with van der Waals surface area (Å²) >= 11 is 3.38. The maximum atomic E-state index is 12.0. The number of halogens is 1. The second kappa shape index (κ2) is 6.43. The zero-order chi connectivity index (χ0) is 14.7. The van der Waals surface area contributed by atoms with Crippen LogP contribution in [0.5, 0.6) is 5.75 Å². The third-order valence-electron chi connectivity index (χ3n) is 3.66. The molecule has 1 aliphatic carbocycles. The quantitative estimate of drug-likeness (QED) is 0.853. The molecule has 110 valence electrons. The first-order valence-electron chi connectivity index (χ1n) is 7.21. The molecule has 1 aromatic heterocycles. The van der Waals surface area contributed by atoms with Gasteiger partial charge in [-0.1, -0.05) is 15.9 Å². The normalized spacial score (nSPS) is 13.8. The molecule has 0 bridgehead atoms. The van der Waals surface area contributed by atoms with Crippen molar-refractivity contribution in [1.29, 1.82) is 0 Å². The highest BCUT2D eigenvalue weighted by Crippen LogP contribution is 2.17. The molecule has 4 nitrogen and oxygen atoms in total. The molecule has 0 radical (unpaired) electrons. The number of benzene rings is 1. The molecular weight excluding hydrogens is 332 g/mol. The Morgan fingerprint density at radius 3 is 2.76 bits per heavy atom. The van der Waals surface area contributed by atoms with Crippen molar-refractivity contribution < 1.29 is 4.74 Å². The third-order valence-corrected chi connectivity index (χ3v) is 4.19. The van der Waals surface area contributed by atoms with Crippen molar-refractivity contribution in [1.82, 2.24) is 9.78 Å². The summed E-state index contributed by atoms with van der Waals surface area (Å²) in [5, 5.41) is 4.47. The van der Waals surface area contributed by atoms with Crippen LogP contribution in [0.3, 0.4) is 0 Å². The van der Waals surface area contributed by atoms with Gasteiger partial charge in [-0.15, -0.1) is 0 Å². The highest BCUT2D eigenvalue weighted by atomic mass is 79.9. The van der Waals surface area contributed by atoms with Crippen molar-refractivity contribution in [2.45, 2.75) is 32.2 Å². The van der Waals surface area contributed by atoms with Gasteiger partial charge in [-0.3, -0.25) is 4.79 Å². The molecule has 21 heavy (non-hydrogen) atoms. The number of hydrogen-bond acceptors (Lipinski definition) is 3. The maximum absolute atomic E-state index is 12.0. The van der Waals surface area contributed by atoms with Crippen LogP contribution in [0, 0.1) is 0 Å². The van der Waals surface area contributed by atoms with E-state index in [9.17, 15) is 4.79 Å². The molecule has 3 rings (SSSR count). The first-order valence-corrected chi connectivity index (χ1v) is 8.00. The van der Waals surface area contributed by atoms with E-state index in [4.69, 9.17) is 4.74 Å². The molecule has 0 unspecified atom stereocenters. The molecule has 2 aromatic rings. The van der Waals surface area contributed by atoms with E-state index in [-0.39, 0.29) is 5.56 Å². The lowest BCUT2D eigenvalue weighted by Gasteiger charge is -2.16. The van der Waals surface area contributed by atoms with Crippen LogP contribution in [0.1, 0.15) is 24.1 Å². The van der Waals surface area contributed by atoms with Gasteiger partial charge in [-0.2, -0.15) is 5.10 Å². The predicted octanol–water partition coefficient (Wildman–Crippen LogP) is 2.96. The lowest BCUT2D eigenvalue weighted by molar-refractivity contribution is 0.286. The van der Waals surface area contributed by atoms with Gasteiger partial charge in [0.15, 0.2) is 0 Å². The molecular formula is C16H17BrN2O2. The summed E-state index contributed by atoms with van der Waals surface area (Å²) in [6, 6.07) is 9.39. The van der Waals surface area contributed by atoms with E-state index >= 15 is 0 Å². The highest BCUT2D eigenvalue weighted by Gasteiger charge is 2.13. The fourth-order valence-electron chi connectivity index (χ4n) is 2.54. The van der Waals surface area contributed by atoms with E-state index in [0.717, 1.165) is 47.2 Å². The Bertz CT molecular complexity index is 680. The topological polar surface area (TPSA) is 44.1 Å². The van der Waals surface area contributed by atoms with Crippen LogP contribution in [0.4, 0.5) is 0 Å². The van der Waals surface area contributed by atoms with Crippen molar-refractivity contribution in [3.63, 3.8) is 0 Å². The summed E-state index contributed by atoms with van der Waals surface area (Å²) < 4.78 is 8.18. The Morgan fingerprint density at radius 1 is 1.19 bits per heavy atom. The molecule has 1 heterocycles. The predicted molar refractivity (Wildman–Crippen MR) is 84.8 cm³/mol. The van der Waals surface area contributed by atoms with Crippen LogP contribution in [0.25, 0.3) is 0 Å². The minimum absolute atomic E-state index is 0.0324. The van der Waals surface area contributed by atoms with Crippen LogP contribution >= 0.6 is 15.9 Å². The monoisotopic (exact) mass is 348 g/mol. The Morgan fingerprint density at radius 2 is 1.95 bits per heavy atom. The van der Waals surface area contributed by atoms with Crippen LogP contribution in [0.2, 0.25) is 0 Å². The zero-order valence-corrected chi connectivity index (χ0v) is 13.3. The van der Waals surface area contributed by atoms with Crippen LogP contribution in [-0.2, 0) is 19.4 Å². The molecule has 0 N–H and O–H groups in total. The third kappa shape index (κ3) is 3.53. The summed E-state index contributed by atoms with van der Waals surface area (Å²) in [7, 11) is 0. The smallest absolute Gasteiger partial charge is 0.267 e. The van der Waals surface area contributed by atoms with Gasteiger partial charge in [0, 0.05) is 10.5 Å². The Kier molecular flexibility index (Phi) is 4.39. The fourth-order valence-corrected chi connectivity index (χ4v) is 2.81. The number of fused-ring (bicyclic) bond motifs is 1. The van der Waals surface area contributed by atoms with Gasteiger partial charge in [0.05, 0.1) is 12.2 Å². The Labute approximate surface area is 131 Å². The average molecular weight is 349 g/mol. The van der Waals surface area contributed by atoms with Gasteiger partial charge in [0.25, 0.3) is 5.56 Å². The van der Waals surface area contributed by atoms with Gasteiger partial charge in [-0.05, 0) is 55.5 Å². The fraction of sp³-hybridized carbons (Fsp3) is 0.375. The Hall–Kier alpha value is -1.62. The molecule has 0 saturated carbocycles. The largest absolute Gasteiger partial charge is 0.492 e. The summed E-state index contributed by atoms with van der Waals surface area (Å²) in [6.45, 7) is 0.912. The molecule has 5 heteroatoms. The van der Waals surface area contributed by atoms with Crippen molar-refractivity contribution in [3.8, 4) is 5.75 Å². The van der Waals surface area contributed by atoms with Crippen molar-refractivity contribution in [3.05, 3.63) is 56.4 Å². The summed E-state index contributed by atoms with van der Waals surface area (Å²) in [4.78, 5) is 12.0. The number of rotatable bonds is 4. The summed E-state index contributed by atoms with van der Waals surface area (Å²) in [5.41, 5.74) is 2.16. The van der Waals surface area contributed by atoms with Gasteiger partial charge >= 0.3 is 0 Å². The molecule has 0 saturated heterocycles. The van der Waals surface area contributed by atoms with Gasteiger partial charge in [0.1, 0.15) is 12.4 Å². The minimum atomic E-state index is -0.0324. The van der Waals surface area contributed by atoms with E-state index in [1.165, 1.54) is 4.68 Å². The van der Waals surface area contributed by atoms with Crippen LogP contribution in [-0.4, -0.2) is 16.4 Å². The molecule has 0 aliphatic heterocycles. The first-order chi connectivity index (χ1) is 10.2. The number of nitrogens with zero attached hydrogens (tertiary/aromatic N) is 2. The van der Waals surface area contributed by atoms with Crippen molar-refractivity contribution >= 4 is 15.9 Å². The second-order valence-corrected chi connectivity index (χ2v) is 6.10. The molecule has 1 aliphatic rings. The number of ether oxygens (including phenoxy) is 1. The van der Waals surface area contributed by atoms with E-state index in [1.54, 1.807) is 6.07 Å². The SMILES string of the molecule is O=c1cc2c(nn1CCOc1ccc(Br)cc1)CCCC2. The lowest BCUT2D eigenvalue weighted by Crippen LogP contribution is -2.28. The van der Waals surface area contributed by atoms with Gasteiger partial charge < -0.3 is 4.74 Å². The van der Waals surface area contributed by atoms with E-state index < -0.39 is 0 Å².